The summed E-state index contributed by atoms with van der Waals surface area (Å²) in [6.07, 6.45) is 6.89. The molecule has 0 fully saturated rings. The largest absolute Gasteiger partial charge is 0.351 e. The van der Waals surface area contributed by atoms with Gasteiger partial charge in [0.25, 0.3) is 5.91 Å². The van der Waals surface area contributed by atoms with Gasteiger partial charge in [0.1, 0.15) is 6.33 Å². The number of hydrogen-bond acceptors (Lipinski definition) is 4. The Kier molecular flexibility index (Phi) is 4.73. The number of imidazole rings is 1. The van der Waals surface area contributed by atoms with Crippen LogP contribution in [0.3, 0.4) is 0 Å². The summed E-state index contributed by atoms with van der Waals surface area (Å²) in [6.45, 7) is 0.610. The summed E-state index contributed by atoms with van der Waals surface area (Å²) in [4.78, 5) is 16.0. The Labute approximate surface area is 134 Å². The average Bonchev–Trinajstić information content (AvgIpc) is 3.14. The standard InChI is InChI=1S/C17H17N5O/c23-17(19-10-4-7-14-5-2-1-3-6-14)15-8-9-16(21-20-15)22-12-11-18-13-22/h1-3,5-6,8-9,11-13H,4,7,10H2,(H,19,23). The summed E-state index contributed by atoms with van der Waals surface area (Å²) in [7, 11) is 0. The van der Waals surface area contributed by atoms with Crippen molar-refractivity contribution in [3.63, 3.8) is 0 Å². The number of carbonyl (C=O) groups is 1. The topological polar surface area (TPSA) is 72.7 Å². The molecule has 0 saturated carbocycles. The Morgan fingerprint density at radius 1 is 1.09 bits per heavy atom. The van der Waals surface area contributed by atoms with Gasteiger partial charge in [0.2, 0.25) is 0 Å². The molecular weight excluding hydrogens is 290 g/mol. The van der Waals surface area contributed by atoms with Crippen LogP contribution in [0.1, 0.15) is 22.5 Å². The lowest BCUT2D eigenvalue weighted by molar-refractivity contribution is 0.0947. The molecule has 2 heterocycles. The quantitative estimate of drug-likeness (QED) is 0.707. The van der Waals surface area contributed by atoms with E-state index in [1.165, 1.54) is 5.56 Å². The molecule has 23 heavy (non-hydrogen) atoms. The van der Waals surface area contributed by atoms with Crippen LogP contribution in [0.5, 0.6) is 0 Å². The zero-order valence-corrected chi connectivity index (χ0v) is 12.6. The fraction of sp³-hybridized carbons (Fsp3) is 0.176. The van der Waals surface area contributed by atoms with E-state index in [2.05, 4.69) is 32.6 Å². The summed E-state index contributed by atoms with van der Waals surface area (Å²) in [5.41, 5.74) is 1.58. The van der Waals surface area contributed by atoms with Crippen molar-refractivity contribution >= 4 is 5.91 Å². The monoisotopic (exact) mass is 307 g/mol. The molecule has 0 aliphatic rings. The van der Waals surface area contributed by atoms with Crippen LogP contribution in [0.4, 0.5) is 0 Å². The van der Waals surface area contributed by atoms with Crippen LogP contribution < -0.4 is 5.32 Å². The normalized spacial score (nSPS) is 10.4. The van der Waals surface area contributed by atoms with E-state index in [0.717, 1.165) is 12.8 Å². The Balaban J connectivity index is 1.48. The third-order valence-electron chi connectivity index (χ3n) is 3.42. The van der Waals surface area contributed by atoms with Crippen LogP contribution in [0.25, 0.3) is 5.82 Å². The first-order valence-electron chi connectivity index (χ1n) is 7.47. The molecule has 1 amide bonds. The number of amides is 1. The molecule has 6 nitrogen and oxygen atoms in total. The Bertz CT molecular complexity index is 738. The van der Waals surface area contributed by atoms with Crippen LogP contribution in [-0.2, 0) is 6.42 Å². The molecule has 0 radical (unpaired) electrons. The smallest absolute Gasteiger partial charge is 0.271 e. The number of aryl methyl sites for hydroxylation is 1. The number of nitrogens with zero attached hydrogens (tertiary/aromatic N) is 4. The van der Waals surface area contributed by atoms with Crippen LogP contribution in [0, 0.1) is 0 Å². The van der Waals surface area contributed by atoms with Crippen molar-refractivity contribution in [2.75, 3.05) is 6.54 Å². The highest BCUT2D eigenvalue weighted by Crippen LogP contribution is 2.04. The van der Waals surface area contributed by atoms with E-state index in [9.17, 15) is 4.79 Å². The maximum Gasteiger partial charge on any atom is 0.271 e. The van der Waals surface area contributed by atoms with Gasteiger partial charge in [0, 0.05) is 18.9 Å². The molecule has 1 aromatic carbocycles. The molecule has 6 heteroatoms. The first kappa shape index (κ1) is 14.9. The van der Waals surface area contributed by atoms with Crippen molar-refractivity contribution in [3.05, 3.63) is 72.4 Å². The Morgan fingerprint density at radius 2 is 1.96 bits per heavy atom. The van der Waals surface area contributed by atoms with E-state index in [1.807, 2.05) is 18.2 Å². The summed E-state index contributed by atoms with van der Waals surface area (Å²) in [5.74, 6) is 0.422. The predicted octanol–water partition coefficient (Wildman–Crippen LogP) is 2.02. The van der Waals surface area contributed by atoms with Crippen molar-refractivity contribution in [3.8, 4) is 5.82 Å². The molecule has 3 aromatic rings. The van der Waals surface area contributed by atoms with Crippen LogP contribution in [-0.4, -0.2) is 32.2 Å². The predicted molar refractivity (Wildman–Crippen MR) is 86.3 cm³/mol. The lowest BCUT2D eigenvalue weighted by Gasteiger charge is -2.05. The molecule has 0 bridgehead atoms. The highest BCUT2D eigenvalue weighted by atomic mass is 16.1. The van der Waals surface area contributed by atoms with Gasteiger partial charge in [-0.2, -0.15) is 0 Å². The van der Waals surface area contributed by atoms with Gasteiger partial charge in [-0.15, -0.1) is 10.2 Å². The number of hydrogen-bond donors (Lipinski definition) is 1. The van der Waals surface area contributed by atoms with Crippen molar-refractivity contribution in [2.45, 2.75) is 12.8 Å². The Morgan fingerprint density at radius 3 is 2.65 bits per heavy atom. The summed E-state index contributed by atoms with van der Waals surface area (Å²) < 4.78 is 1.73. The lowest BCUT2D eigenvalue weighted by Crippen LogP contribution is -2.26. The zero-order chi connectivity index (χ0) is 15.9. The minimum atomic E-state index is -0.206. The average molecular weight is 307 g/mol. The molecule has 0 saturated heterocycles. The van der Waals surface area contributed by atoms with Crippen LogP contribution >= 0.6 is 0 Å². The third-order valence-corrected chi connectivity index (χ3v) is 3.42. The molecule has 3 rings (SSSR count). The van der Waals surface area contributed by atoms with Gasteiger partial charge < -0.3 is 5.32 Å². The highest BCUT2D eigenvalue weighted by molar-refractivity contribution is 5.92. The maximum absolute atomic E-state index is 12.0. The van der Waals surface area contributed by atoms with E-state index < -0.39 is 0 Å². The number of benzene rings is 1. The molecule has 0 atom stereocenters. The van der Waals surface area contributed by atoms with Gasteiger partial charge in [-0.25, -0.2) is 4.98 Å². The number of carbonyl (C=O) groups excluding carboxylic acids is 1. The Hall–Kier alpha value is -3.02. The van der Waals surface area contributed by atoms with Crippen LogP contribution in [0.2, 0.25) is 0 Å². The highest BCUT2D eigenvalue weighted by Gasteiger charge is 2.08. The van der Waals surface area contributed by atoms with E-state index >= 15 is 0 Å². The maximum atomic E-state index is 12.0. The zero-order valence-electron chi connectivity index (χ0n) is 12.6. The molecule has 1 N–H and O–H groups in total. The minimum Gasteiger partial charge on any atom is -0.351 e. The van der Waals surface area contributed by atoms with Gasteiger partial charge >= 0.3 is 0 Å². The van der Waals surface area contributed by atoms with Gasteiger partial charge in [0.15, 0.2) is 11.5 Å². The molecule has 0 aliphatic heterocycles. The summed E-state index contributed by atoms with van der Waals surface area (Å²) in [5, 5.41) is 10.9. The second-order valence-electron chi connectivity index (χ2n) is 5.09. The second-order valence-corrected chi connectivity index (χ2v) is 5.09. The first-order chi connectivity index (χ1) is 11.3. The number of rotatable bonds is 6. The molecule has 0 spiro atoms. The minimum absolute atomic E-state index is 0.206. The molecule has 0 aliphatic carbocycles. The molecular formula is C17H17N5O. The van der Waals surface area contributed by atoms with Crippen LogP contribution in [0.15, 0.2) is 61.2 Å². The molecule has 0 unspecified atom stereocenters. The fourth-order valence-corrected chi connectivity index (χ4v) is 2.21. The van der Waals surface area contributed by atoms with E-state index in [0.29, 0.717) is 18.1 Å². The van der Waals surface area contributed by atoms with Crippen molar-refractivity contribution in [2.24, 2.45) is 0 Å². The number of aromatic nitrogens is 4. The molecule has 2 aromatic heterocycles. The second kappa shape index (κ2) is 7.31. The van der Waals surface area contributed by atoms with E-state index in [4.69, 9.17) is 0 Å². The van der Waals surface area contributed by atoms with Crippen molar-refractivity contribution in [1.29, 1.82) is 0 Å². The third kappa shape index (κ3) is 4.00. The van der Waals surface area contributed by atoms with Gasteiger partial charge in [-0.1, -0.05) is 30.3 Å². The SMILES string of the molecule is O=C(NCCCc1ccccc1)c1ccc(-n2ccnc2)nn1. The summed E-state index contributed by atoms with van der Waals surface area (Å²) >= 11 is 0. The lowest BCUT2D eigenvalue weighted by atomic mass is 10.1. The fourth-order valence-electron chi connectivity index (χ4n) is 2.21. The van der Waals surface area contributed by atoms with Crippen molar-refractivity contribution in [1.82, 2.24) is 25.1 Å². The molecule has 116 valence electrons. The first-order valence-corrected chi connectivity index (χ1v) is 7.47. The van der Waals surface area contributed by atoms with E-state index in [-0.39, 0.29) is 5.91 Å². The van der Waals surface area contributed by atoms with E-state index in [1.54, 1.807) is 35.4 Å². The number of nitrogens with one attached hydrogen (secondary N) is 1. The van der Waals surface area contributed by atoms with Gasteiger partial charge in [-0.05, 0) is 30.5 Å². The summed E-state index contributed by atoms with van der Waals surface area (Å²) in [6, 6.07) is 13.6. The van der Waals surface area contributed by atoms with Crippen molar-refractivity contribution < 1.29 is 4.79 Å². The van der Waals surface area contributed by atoms with Gasteiger partial charge in [0.05, 0.1) is 0 Å². The van der Waals surface area contributed by atoms with Gasteiger partial charge in [-0.3, -0.25) is 9.36 Å².